The van der Waals surface area contributed by atoms with Crippen LogP contribution in [0.1, 0.15) is 0 Å². The molecule has 0 atom stereocenters. The van der Waals surface area contributed by atoms with E-state index in [4.69, 9.17) is 11.6 Å². The smallest absolute Gasteiger partial charge is 0 e. The molecular weight excluding hydrogens is 358 g/mol. The summed E-state index contributed by atoms with van der Waals surface area (Å²) in [7, 11) is 0. The van der Waals surface area contributed by atoms with Crippen LogP contribution in [0.4, 0.5) is 0 Å². The van der Waals surface area contributed by atoms with Crippen LogP contribution >= 0.6 is 11.6 Å². The van der Waals surface area contributed by atoms with Crippen molar-refractivity contribution in [3.63, 3.8) is 0 Å². The van der Waals surface area contributed by atoms with Gasteiger partial charge >= 0.3 is 42.3 Å². The van der Waals surface area contributed by atoms with Gasteiger partial charge in [0.05, 0.1) is 0 Å². The SMILES string of the molecule is ClC[CH]=[Au].[Ru]. The molecule has 0 N–H and O–H groups in total. The first-order valence-electron chi connectivity index (χ1n) is 0.850. The van der Waals surface area contributed by atoms with Gasteiger partial charge in [-0.15, -0.1) is 0 Å². The van der Waals surface area contributed by atoms with E-state index in [1.54, 1.807) is 0 Å². The summed E-state index contributed by atoms with van der Waals surface area (Å²) in [4.78, 5) is 0. The summed E-state index contributed by atoms with van der Waals surface area (Å²) in [5, 5.41) is 0. The van der Waals surface area contributed by atoms with Gasteiger partial charge in [0.1, 0.15) is 0 Å². The summed E-state index contributed by atoms with van der Waals surface area (Å²) in [6.07, 6.45) is 0. The minimum atomic E-state index is 0. The molecule has 0 rings (SSSR count). The van der Waals surface area contributed by atoms with Gasteiger partial charge in [0.25, 0.3) is 0 Å². The summed E-state index contributed by atoms with van der Waals surface area (Å²) in [5.74, 6) is 0.642. The van der Waals surface area contributed by atoms with Gasteiger partial charge in [-0.05, 0) is 0 Å². The molecule has 0 spiro atoms. The van der Waals surface area contributed by atoms with E-state index in [1.165, 1.54) is 0 Å². The van der Waals surface area contributed by atoms with Crippen molar-refractivity contribution in [2.75, 3.05) is 5.88 Å². The molecule has 0 aliphatic heterocycles. The van der Waals surface area contributed by atoms with E-state index < -0.39 is 0 Å². The summed E-state index contributed by atoms with van der Waals surface area (Å²) in [6, 6.07) is 0. The van der Waals surface area contributed by atoms with Gasteiger partial charge in [0, 0.05) is 19.5 Å². The van der Waals surface area contributed by atoms with E-state index in [9.17, 15) is 0 Å². The van der Waals surface area contributed by atoms with Crippen molar-refractivity contribution in [3.05, 3.63) is 0 Å². The predicted molar refractivity (Wildman–Crippen MR) is 16.8 cm³/mol. The van der Waals surface area contributed by atoms with Gasteiger partial charge in [-0.25, -0.2) is 0 Å². The maximum atomic E-state index is 5.12. The van der Waals surface area contributed by atoms with Crippen LogP contribution in [0.2, 0.25) is 0 Å². The molecule has 3 heteroatoms. The minimum Gasteiger partial charge on any atom is 0 e. The molecule has 0 unspecified atom stereocenters. The molecule has 0 bridgehead atoms. The molecule has 0 aromatic carbocycles. The Morgan fingerprint density at radius 2 is 2.00 bits per heavy atom. The summed E-state index contributed by atoms with van der Waals surface area (Å²) in [5.41, 5.74) is 0. The molecular formula is C2H3AuClRu. The number of halogens is 1. The van der Waals surface area contributed by atoms with Crippen LogP contribution in [0, 0.1) is 0 Å². The van der Waals surface area contributed by atoms with Crippen LogP contribution < -0.4 is 0 Å². The average molecular weight is 361 g/mol. The fraction of sp³-hybridized carbons (Fsp3) is 0.500. The third-order valence-corrected chi connectivity index (χ3v) is 1.14. The Kier molecular flexibility index (Phi) is 17.7. The fourth-order valence-electron chi connectivity index (χ4n) is 0. The van der Waals surface area contributed by atoms with Gasteiger partial charge in [0.15, 0.2) is 0 Å². The first kappa shape index (κ1) is 9.73. The second-order valence-electron chi connectivity index (χ2n) is 0.277. The summed E-state index contributed by atoms with van der Waals surface area (Å²) >= 11 is 7.36. The monoisotopic (exact) mass is 361 g/mol. The van der Waals surface area contributed by atoms with Crippen molar-refractivity contribution in [3.8, 4) is 0 Å². The van der Waals surface area contributed by atoms with Crippen molar-refractivity contribution in [2.45, 2.75) is 0 Å². The maximum absolute atomic E-state index is 5.12. The average Bonchev–Trinajstić information content (AvgIpc) is 1.37. The Morgan fingerprint density at radius 3 is 2.00 bits per heavy atom. The van der Waals surface area contributed by atoms with Crippen LogP contribution in [0.5, 0.6) is 0 Å². The van der Waals surface area contributed by atoms with Crippen LogP contribution in [-0.4, -0.2) is 10.1 Å². The van der Waals surface area contributed by atoms with E-state index in [2.05, 4.69) is 20.6 Å². The molecule has 0 aliphatic rings. The molecule has 0 radical (unpaired) electrons. The van der Waals surface area contributed by atoms with E-state index in [0.29, 0.717) is 5.88 Å². The van der Waals surface area contributed by atoms with Gasteiger partial charge in [-0.3, -0.25) is 0 Å². The molecule has 0 aliphatic carbocycles. The Bertz CT molecular complexity index is 23.6. The summed E-state index contributed by atoms with van der Waals surface area (Å²) in [6.45, 7) is 0. The third kappa shape index (κ3) is 10.8. The zero-order valence-electron chi connectivity index (χ0n) is 2.32. The molecule has 0 nitrogen and oxygen atoms in total. The van der Waals surface area contributed by atoms with Crippen LogP contribution in [-0.2, 0) is 40.1 Å². The van der Waals surface area contributed by atoms with Crippen molar-refractivity contribution in [1.29, 1.82) is 0 Å². The Hall–Kier alpha value is 1.52. The molecule has 5 heavy (non-hydrogen) atoms. The largest absolute Gasteiger partial charge is 0 e. The third-order valence-electron chi connectivity index (χ3n) is 0.0465. The maximum Gasteiger partial charge on any atom is 0 e. The zero-order chi connectivity index (χ0) is 3.41. The quantitative estimate of drug-likeness (QED) is 0.474. The summed E-state index contributed by atoms with van der Waals surface area (Å²) < 4.78 is 1.83. The van der Waals surface area contributed by atoms with Crippen molar-refractivity contribution in [2.24, 2.45) is 0 Å². The van der Waals surface area contributed by atoms with Gasteiger partial charge in [-0.2, -0.15) is 0 Å². The normalized spacial score (nSPS) is 5.40. The zero-order valence-corrected chi connectivity index (χ0v) is 6.98. The Morgan fingerprint density at radius 1 is 1.80 bits per heavy atom. The fourth-order valence-corrected chi connectivity index (χ4v) is 0. The molecule has 0 aromatic rings. The first-order chi connectivity index (χ1) is 1.91. The van der Waals surface area contributed by atoms with E-state index in [0.717, 1.165) is 0 Å². The van der Waals surface area contributed by atoms with E-state index in [1.807, 2.05) is 4.23 Å². The van der Waals surface area contributed by atoms with Crippen LogP contribution in [0.3, 0.4) is 0 Å². The second-order valence-corrected chi connectivity index (χ2v) is 1.47. The van der Waals surface area contributed by atoms with Crippen molar-refractivity contribution in [1.82, 2.24) is 0 Å². The molecule has 0 amide bonds. The Balaban J connectivity index is 0. The van der Waals surface area contributed by atoms with E-state index in [-0.39, 0.29) is 19.5 Å². The van der Waals surface area contributed by atoms with Crippen molar-refractivity contribution < 1.29 is 40.1 Å². The van der Waals surface area contributed by atoms with Gasteiger partial charge in [0.2, 0.25) is 0 Å². The van der Waals surface area contributed by atoms with Crippen molar-refractivity contribution >= 4 is 15.8 Å². The number of hydrogen-bond donors (Lipinski definition) is 0. The van der Waals surface area contributed by atoms with E-state index >= 15 is 0 Å². The van der Waals surface area contributed by atoms with Crippen LogP contribution in [0.25, 0.3) is 0 Å². The molecule has 0 fully saturated rings. The second kappa shape index (κ2) is 9.10. The van der Waals surface area contributed by atoms with Gasteiger partial charge in [-0.1, -0.05) is 0 Å². The van der Waals surface area contributed by atoms with Crippen LogP contribution in [0.15, 0.2) is 0 Å². The predicted octanol–water partition coefficient (Wildman–Crippen LogP) is 0.572. The molecule has 0 aromatic heterocycles. The number of rotatable bonds is 1. The molecule has 37 valence electrons. The standard InChI is InChI=1S/C2H3Cl.Au.Ru/c1-2-3;;/h1H,2H2;;. The number of hydrogen-bond acceptors (Lipinski definition) is 0. The molecule has 0 heterocycles. The minimum absolute atomic E-state index is 0. The number of alkyl halides is 1. The first-order valence-corrected chi connectivity index (χ1v) is 2.63. The topological polar surface area (TPSA) is 0 Å². The van der Waals surface area contributed by atoms with Gasteiger partial charge < -0.3 is 0 Å². The molecule has 0 saturated carbocycles. The Labute approximate surface area is 61.4 Å². The molecule has 0 saturated heterocycles.